The van der Waals surface area contributed by atoms with Crippen molar-refractivity contribution in [3.8, 4) is 17.2 Å². The Hall–Kier alpha value is -3.90. The molecule has 0 aromatic heterocycles. The van der Waals surface area contributed by atoms with Crippen LogP contribution < -0.4 is 10.6 Å². The zero-order valence-corrected chi connectivity index (χ0v) is 25.5. The third-order valence-corrected chi connectivity index (χ3v) is 8.63. The summed E-state index contributed by atoms with van der Waals surface area (Å²) < 4.78 is 0. The van der Waals surface area contributed by atoms with E-state index in [0.29, 0.717) is 54.1 Å². The van der Waals surface area contributed by atoms with Crippen molar-refractivity contribution in [1.29, 1.82) is 5.26 Å². The summed E-state index contributed by atoms with van der Waals surface area (Å²) in [5.74, 6) is -0.593. The summed E-state index contributed by atoms with van der Waals surface area (Å²) in [6, 6.07) is 21.1. The topological polar surface area (TPSA) is 126 Å². The van der Waals surface area contributed by atoms with Gasteiger partial charge in [0.2, 0.25) is 0 Å². The molecule has 8 nitrogen and oxygen atoms in total. The molecule has 43 heavy (non-hydrogen) atoms. The molecule has 0 aliphatic carbocycles. The molecular weight excluding hydrogens is 564 g/mol. The van der Waals surface area contributed by atoms with Gasteiger partial charge in [-0.3, -0.25) is 4.79 Å². The molecule has 9 heteroatoms. The second-order valence-corrected chi connectivity index (χ2v) is 11.5. The number of hydrogen-bond donors (Lipinski definition) is 4. The third-order valence-electron chi connectivity index (χ3n) is 8.31. The van der Waals surface area contributed by atoms with Crippen LogP contribution in [0.2, 0.25) is 5.02 Å². The van der Waals surface area contributed by atoms with Gasteiger partial charge in [0.05, 0.1) is 22.8 Å². The number of carboxylic acid groups (broad SMARTS) is 1. The van der Waals surface area contributed by atoms with Crippen LogP contribution in [0.4, 0.5) is 4.79 Å². The van der Waals surface area contributed by atoms with Crippen molar-refractivity contribution in [2.45, 2.75) is 51.2 Å². The van der Waals surface area contributed by atoms with E-state index in [-0.39, 0.29) is 31.3 Å². The minimum Gasteiger partial charge on any atom is -0.465 e. The molecule has 2 amide bonds. The van der Waals surface area contributed by atoms with Gasteiger partial charge in [0.1, 0.15) is 0 Å². The lowest BCUT2D eigenvalue weighted by Gasteiger charge is -2.44. The Balaban J connectivity index is 1.73. The van der Waals surface area contributed by atoms with Gasteiger partial charge in [-0.25, -0.2) is 4.79 Å². The van der Waals surface area contributed by atoms with Crippen LogP contribution in [0.25, 0.3) is 11.1 Å². The van der Waals surface area contributed by atoms with Crippen LogP contribution in [0.5, 0.6) is 0 Å². The SMILES string of the molecule is CCc1cccc(-c2c(Cl)cccc2[C@](O)(CCCNC(=O)O)[C@@H]2CCCN(C(=O)c3ccc(CNC)cc3C#N)C2)c1. The highest BCUT2D eigenvalue weighted by molar-refractivity contribution is 6.33. The van der Waals surface area contributed by atoms with E-state index in [1.54, 1.807) is 17.0 Å². The fraction of sp³-hybridized carbons (Fsp3) is 0.382. The highest BCUT2D eigenvalue weighted by Crippen LogP contribution is 2.45. The monoisotopic (exact) mass is 602 g/mol. The first-order valence-corrected chi connectivity index (χ1v) is 15.1. The smallest absolute Gasteiger partial charge is 0.404 e. The molecule has 3 aromatic rings. The van der Waals surface area contributed by atoms with E-state index in [1.807, 2.05) is 43.4 Å². The maximum Gasteiger partial charge on any atom is 0.404 e. The minimum atomic E-state index is -1.41. The minimum absolute atomic E-state index is 0.179. The molecule has 0 bridgehead atoms. The lowest BCUT2D eigenvalue weighted by atomic mass is 9.72. The molecule has 4 rings (SSSR count). The van der Waals surface area contributed by atoms with Gasteiger partial charge in [0, 0.05) is 42.7 Å². The maximum absolute atomic E-state index is 13.8. The van der Waals surface area contributed by atoms with Crippen LogP contribution in [0.1, 0.15) is 65.2 Å². The predicted octanol–water partition coefficient (Wildman–Crippen LogP) is 5.95. The number of benzene rings is 3. The number of nitrogens with zero attached hydrogens (tertiary/aromatic N) is 2. The molecule has 3 aromatic carbocycles. The van der Waals surface area contributed by atoms with Crippen molar-refractivity contribution in [3.63, 3.8) is 0 Å². The van der Waals surface area contributed by atoms with Crippen LogP contribution in [0.3, 0.4) is 0 Å². The normalized spacial score (nSPS) is 16.3. The first-order chi connectivity index (χ1) is 20.7. The first-order valence-electron chi connectivity index (χ1n) is 14.8. The van der Waals surface area contributed by atoms with Gasteiger partial charge in [0.25, 0.3) is 5.91 Å². The average molecular weight is 603 g/mol. The summed E-state index contributed by atoms with van der Waals surface area (Å²) >= 11 is 6.83. The number of rotatable bonds is 11. The Labute approximate surface area is 258 Å². The molecule has 1 saturated heterocycles. The zero-order valence-electron chi connectivity index (χ0n) is 24.7. The van der Waals surface area contributed by atoms with Gasteiger partial charge in [0.15, 0.2) is 0 Å². The van der Waals surface area contributed by atoms with E-state index in [0.717, 1.165) is 28.7 Å². The van der Waals surface area contributed by atoms with Gasteiger partial charge in [-0.2, -0.15) is 5.26 Å². The zero-order chi connectivity index (χ0) is 31.0. The van der Waals surface area contributed by atoms with Crippen LogP contribution >= 0.6 is 11.6 Å². The molecule has 1 aliphatic heterocycles. The van der Waals surface area contributed by atoms with E-state index >= 15 is 0 Å². The Bertz CT molecular complexity index is 1500. The summed E-state index contributed by atoms with van der Waals surface area (Å²) in [6.07, 6.45) is 1.72. The third kappa shape index (κ3) is 7.37. The van der Waals surface area contributed by atoms with Crippen LogP contribution in [-0.2, 0) is 18.6 Å². The lowest BCUT2D eigenvalue weighted by molar-refractivity contribution is -0.0563. The number of aryl methyl sites for hydroxylation is 1. The summed E-state index contributed by atoms with van der Waals surface area (Å²) in [6.45, 7) is 3.64. The van der Waals surface area contributed by atoms with Crippen molar-refractivity contribution in [2.24, 2.45) is 5.92 Å². The fourth-order valence-corrected chi connectivity index (χ4v) is 6.43. The number of carbonyl (C=O) groups excluding carboxylic acids is 1. The number of aliphatic hydroxyl groups is 1. The van der Waals surface area contributed by atoms with Gasteiger partial charge >= 0.3 is 6.09 Å². The van der Waals surface area contributed by atoms with E-state index in [2.05, 4.69) is 35.8 Å². The van der Waals surface area contributed by atoms with E-state index < -0.39 is 11.7 Å². The van der Waals surface area contributed by atoms with Gasteiger partial charge in [-0.05, 0) is 79.6 Å². The van der Waals surface area contributed by atoms with E-state index in [9.17, 15) is 20.0 Å². The highest BCUT2D eigenvalue weighted by Gasteiger charge is 2.43. The lowest BCUT2D eigenvalue weighted by Crippen LogP contribution is -2.48. The summed E-state index contributed by atoms with van der Waals surface area (Å²) in [5.41, 5.74) is 3.61. The number of halogens is 1. The Morgan fingerprint density at radius 3 is 2.65 bits per heavy atom. The van der Waals surface area contributed by atoms with Crippen molar-refractivity contribution < 1.29 is 19.8 Å². The molecule has 0 spiro atoms. The van der Waals surface area contributed by atoms with Crippen LogP contribution in [0.15, 0.2) is 60.7 Å². The summed E-state index contributed by atoms with van der Waals surface area (Å²) in [4.78, 5) is 26.7. The molecule has 1 fully saturated rings. The first kappa shape index (κ1) is 32.0. The van der Waals surface area contributed by atoms with Crippen LogP contribution in [-0.4, -0.2) is 53.8 Å². The molecule has 1 heterocycles. The van der Waals surface area contributed by atoms with Crippen molar-refractivity contribution >= 4 is 23.6 Å². The summed E-state index contributed by atoms with van der Waals surface area (Å²) in [5, 5.41) is 37.6. The van der Waals surface area contributed by atoms with E-state index in [1.165, 1.54) is 0 Å². The quantitative estimate of drug-likeness (QED) is 0.201. The number of amides is 2. The van der Waals surface area contributed by atoms with Gasteiger partial charge < -0.3 is 25.7 Å². The van der Waals surface area contributed by atoms with Crippen LogP contribution in [0, 0.1) is 17.2 Å². The Kier molecular flexibility index (Phi) is 10.8. The predicted molar refractivity (Wildman–Crippen MR) is 168 cm³/mol. The Morgan fingerprint density at radius 2 is 1.93 bits per heavy atom. The molecule has 226 valence electrons. The second kappa shape index (κ2) is 14.5. The maximum atomic E-state index is 13.8. The number of carbonyl (C=O) groups is 2. The summed E-state index contributed by atoms with van der Waals surface area (Å²) in [7, 11) is 1.82. The van der Waals surface area contributed by atoms with Gasteiger partial charge in [-0.1, -0.05) is 61.0 Å². The Morgan fingerprint density at radius 1 is 1.14 bits per heavy atom. The molecule has 0 radical (unpaired) electrons. The standard InChI is InChI=1S/C34H39ClN4O4/c1-3-23-8-4-9-25(18-23)31-29(11-5-12-30(31)35)34(43,15-7-16-38-33(41)42)27-10-6-17-39(22-27)32(40)28-14-13-24(21-37-2)19-26(28)20-36/h4-5,8-9,11-14,18-19,27,37-38,43H,3,6-7,10,15-17,21-22H2,1-2H3,(H,41,42)/t27-,34+/m1/s1. The molecule has 0 saturated carbocycles. The van der Waals surface area contributed by atoms with Gasteiger partial charge in [-0.15, -0.1) is 0 Å². The second-order valence-electron chi connectivity index (χ2n) is 11.1. The van der Waals surface area contributed by atoms with E-state index in [4.69, 9.17) is 16.7 Å². The molecule has 0 unspecified atom stereocenters. The number of hydrogen-bond acceptors (Lipinski definition) is 5. The molecule has 1 aliphatic rings. The number of nitrogens with one attached hydrogen (secondary N) is 2. The fourth-order valence-electron chi connectivity index (χ4n) is 6.14. The van der Waals surface area contributed by atoms with Crippen molar-refractivity contribution in [2.75, 3.05) is 26.7 Å². The molecular formula is C34H39ClN4O4. The van der Waals surface area contributed by atoms with Crippen molar-refractivity contribution in [1.82, 2.24) is 15.5 Å². The average Bonchev–Trinajstić information content (AvgIpc) is 3.02. The number of piperidine rings is 1. The molecule has 2 atom stereocenters. The van der Waals surface area contributed by atoms with Crippen molar-refractivity contribution in [3.05, 3.63) is 93.5 Å². The largest absolute Gasteiger partial charge is 0.465 e. The number of nitriles is 1. The molecule has 4 N–H and O–H groups in total. The number of likely N-dealkylation sites (tertiary alicyclic amines) is 1. The highest BCUT2D eigenvalue weighted by atomic mass is 35.5.